The lowest BCUT2D eigenvalue weighted by atomic mass is 10.1. The summed E-state index contributed by atoms with van der Waals surface area (Å²) in [5, 5.41) is 3.42. The van der Waals surface area contributed by atoms with Gasteiger partial charge in [0.1, 0.15) is 23.4 Å². The van der Waals surface area contributed by atoms with E-state index in [1.54, 1.807) is 56.3 Å². The fourth-order valence-electron chi connectivity index (χ4n) is 3.07. The third-order valence-electron chi connectivity index (χ3n) is 4.98. The number of sulfone groups is 1. The van der Waals surface area contributed by atoms with Gasteiger partial charge in [0.2, 0.25) is 0 Å². The number of hydrogen-bond acceptors (Lipinski definition) is 7. The molecular formula is C23H20FN4O3S. The number of benzene rings is 2. The third-order valence-corrected chi connectivity index (χ3v) is 7.15. The van der Waals surface area contributed by atoms with Crippen molar-refractivity contribution in [2.75, 3.05) is 0 Å². The molecule has 9 heteroatoms. The van der Waals surface area contributed by atoms with Crippen molar-refractivity contribution in [3.63, 3.8) is 0 Å². The zero-order valence-corrected chi connectivity index (χ0v) is 18.2. The molecule has 2 aromatic heterocycles. The van der Waals surface area contributed by atoms with E-state index in [9.17, 15) is 12.8 Å². The Morgan fingerprint density at radius 3 is 2.50 bits per heavy atom. The van der Waals surface area contributed by atoms with Crippen LogP contribution in [0, 0.1) is 12.0 Å². The molecule has 2 aromatic carbocycles. The van der Waals surface area contributed by atoms with Gasteiger partial charge in [0.15, 0.2) is 15.6 Å². The number of aromatic nitrogens is 3. The van der Waals surface area contributed by atoms with Crippen LogP contribution in [0.4, 0.5) is 4.39 Å². The zero-order valence-electron chi connectivity index (χ0n) is 17.4. The van der Waals surface area contributed by atoms with Crippen molar-refractivity contribution < 1.29 is 17.3 Å². The van der Waals surface area contributed by atoms with E-state index in [4.69, 9.17) is 10.3 Å². The molecule has 32 heavy (non-hydrogen) atoms. The summed E-state index contributed by atoms with van der Waals surface area (Å²) in [4.78, 5) is 8.81. The van der Waals surface area contributed by atoms with E-state index in [1.165, 1.54) is 12.3 Å². The molecule has 7 nitrogen and oxygen atoms in total. The minimum absolute atomic E-state index is 0.239. The molecule has 0 saturated carbocycles. The summed E-state index contributed by atoms with van der Waals surface area (Å²) in [5.74, 6) is -0.177. The minimum Gasteiger partial charge on any atom is -0.354 e. The second-order valence-electron chi connectivity index (χ2n) is 7.43. The Bertz CT molecular complexity index is 1370. The number of hydrogen-bond donors (Lipinski definition) is 1. The summed E-state index contributed by atoms with van der Waals surface area (Å²) >= 11 is 0. The highest BCUT2D eigenvalue weighted by molar-refractivity contribution is 7.92. The molecule has 1 radical (unpaired) electrons. The van der Waals surface area contributed by atoms with Crippen LogP contribution in [0.15, 0.2) is 64.1 Å². The van der Waals surface area contributed by atoms with Gasteiger partial charge < -0.3 is 10.3 Å². The summed E-state index contributed by atoms with van der Waals surface area (Å²) in [7, 11) is -3.36. The molecule has 2 heterocycles. The van der Waals surface area contributed by atoms with Crippen molar-refractivity contribution in [2.45, 2.75) is 30.5 Å². The lowest BCUT2D eigenvalue weighted by Gasteiger charge is -2.08. The summed E-state index contributed by atoms with van der Waals surface area (Å²) in [6.07, 6.45) is 4.25. The van der Waals surface area contributed by atoms with Gasteiger partial charge in [0.25, 0.3) is 0 Å². The topological polar surface area (TPSA) is 112 Å². The fraction of sp³-hybridized carbons (Fsp3) is 0.174. The Hall–Kier alpha value is -3.43. The summed E-state index contributed by atoms with van der Waals surface area (Å²) < 4.78 is 44.3. The molecule has 4 rings (SSSR count). The first-order chi connectivity index (χ1) is 15.3. The van der Waals surface area contributed by atoms with Gasteiger partial charge in [-0.2, -0.15) is 0 Å². The quantitative estimate of drug-likeness (QED) is 0.471. The van der Waals surface area contributed by atoms with Crippen LogP contribution in [0.25, 0.3) is 34.0 Å². The van der Waals surface area contributed by atoms with Crippen LogP contribution in [0.1, 0.15) is 19.4 Å². The predicted molar refractivity (Wildman–Crippen MR) is 117 cm³/mol. The maximum Gasteiger partial charge on any atom is 0.188 e. The Kier molecular flexibility index (Phi) is 5.86. The van der Waals surface area contributed by atoms with Gasteiger partial charge >= 0.3 is 0 Å². The predicted octanol–water partition coefficient (Wildman–Crippen LogP) is 4.05. The van der Waals surface area contributed by atoms with Crippen LogP contribution >= 0.6 is 0 Å². The number of halogens is 1. The van der Waals surface area contributed by atoms with Gasteiger partial charge in [0.05, 0.1) is 22.0 Å². The molecule has 2 N–H and O–H groups in total. The standard InChI is InChI=1S/C23H20FN4O3S/c1-14(2)32(29,30)17-6-4-16(5-7-17)21-12-26-13-22(27-21)23-10-20(28-31-23)18-8-3-15(11-25)9-19(18)24/h3-10,12,14H,11,25H2,1-2H3. The van der Waals surface area contributed by atoms with E-state index in [-0.39, 0.29) is 22.8 Å². The van der Waals surface area contributed by atoms with Crippen molar-refractivity contribution >= 4 is 9.84 Å². The molecule has 0 unspecified atom stereocenters. The van der Waals surface area contributed by atoms with E-state index < -0.39 is 20.9 Å². The van der Waals surface area contributed by atoms with E-state index in [0.29, 0.717) is 28.2 Å². The second-order valence-corrected chi connectivity index (χ2v) is 9.93. The van der Waals surface area contributed by atoms with Gasteiger partial charge in [-0.15, -0.1) is 0 Å². The van der Waals surface area contributed by atoms with Crippen molar-refractivity contribution in [1.29, 1.82) is 0 Å². The zero-order chi connectivity index (χ0) is 22.9. The van der Waals surface area contributed by atoms with Crippen molar-refractivity contribution in [2.24, 2.45) is 5.73 Å². The summed E-state index contributed by atoms with van der Waals surface area (Å²) in [5.41, 5.74) is 8.28. The first-order valence-corrected chi connectivity index (χ1v) is 11.4. The van der Waals surface area contributed by atoms with Crippen molar-refractivity contribution in [3.05, 3.63) is 72.3 Å². The molecule has 0 spiro atoms. The van der Waals surface area contributed by atoms with Crippen LogP contribution in [-0.4, -0.2) is 28.8 Å². The summed E-state index contributed by atoms with van der Waals surface area (Å²) in [6.45, 7) is 3.51. The average molecular weight is 452 g/mol. The highest BCUT2D eigenvalue weighted by atomic mass is 32.2. The molecule has 0 atom stereocenters. The van der Waals surface area contributed by atoms with Crippen LogP contribution < -0.4 is 5.73 Å². The molecule has 0 aliphatic rings. The monoisotopic (exact) mass is 451 g/mol. The molecule has 0 aliphatic heterocycles. The van der Waals surface area contributed by atoms with Crippen molar-refractivity contribution in [1.82, 2.24) is 15.1 Å². The van der Waals surface area contributed by atoms with Gasteiger partial charge in [-0.25, -0.2) is 22.8 Å². The largest absolute Gasteiger partial charge is 0.354 e. The smallest absolute Gasteiger partial charge is 0.188 e. The lowest BCUT2D eigenvalue weighted by molar-refractivity contribution is 0.433. The normalized spacial score (nSPS) is 11.8. The Morgan fingerprint density at radius 1 is 1.09 bits per heavy atom. The molecular weight excluding hydrogens is 431 g/mol. The maximum atomic E-state index is 14.4. The summed E-state index contributed by atoms with van der Waals surface area (Å²) in [6, 6.07) is 12.7. The molecule has 0 bridgehead atoms. The van der Waals surface area contributed by atoms with Crippen LogP contribution in [0.5, 0.6) is 0 Å². The van der Waals surface area contributed by atoms with Crippen molar-refractivity contribution in [3.8, 4) is 34.0 Å². The third kappa shape index (κ3) is 4.17. The second kappa shape index (κ2) is 8.60. The van der Waals surface area contributed by atoms with E-state index >= 15 is 0 Å². The highest BCUT2D eigenvalue weighted by Crippen LogP contribution is 2.28. The minimum atomic E-state index is -3.36. The fourth-order valence-corrected chi connectivity index (χ4v) is 4.13. The molecule has 4 aromatic rings. The first kappa shape index (κ1) is 21.8. The number of rotatable bonds is 6. The van der Waals surface area contributed by atoms with Gasteiger partial charge in [-0.05, 0) is 43.7 Å². The first-order valence-electron chi connectivity index (χ1n) is 9.84. The van der Waals surface area contributed by atoms with Crippen LogP contribution in [0.2, 0.25) is 0 Å². The maximum absolute atomic E-state index is 14.4. The molecule has 0 saturated heterocycles. The molecule has 0 fully saturated rings. The highest BCUT2D eigenvalue weighted by Gasteiger charge is 2.19. The van der Waals surface area contributed by atoms with E-state index in [0.717, 1.165) is 0 Å². The number of nitrogens with two attached hydrogens (primary N) is 1. The number of nitrogens with zero attached hydrogens (tertiary/aromatic N) is 3. The molecule has 163 valence electrons. The Morgan fingerprint density at radius 2 is 1.84 bits per heavy atom. The van der Waals surface area contributed by atoms with E-state index in [2.05, 4.69) is 21.3 Å². The SMILES string of the molecule is CC(C)S(=O)(=O)c1ccc(-c2cn[c]c(-c3cc(-c4ccc(CN)cc4F)no3)n2)cc1. The van der Waals surface area contributed by atoms with Crippen LogP contribution in [0.3, 0.4) is 0 Å². The van der Waals surface area contributed by atoms with Crippen LogP contribution in [-0.2, 0) is 16.4 Å². The lowest BCUT2D eigenvalue weighted by Crippen LogP contribution is -2.13. The Labute approximate surface area is 185 Å². The average Bonchev–Trinajstić information content (AvgIpc) is 3.29. The van der Waals surface area contributed by atoms with Gasteiger partial charge in [-0.1, -0.05) is 23.4 Å². The van der Waals surface area contributed by atoms with Gasteiger partial charge in [0, 0.05) is 23.7 Å². The molecule has 0 aliphatic carbocycles. The van der Waals surface area contributed by atoms with Gasteiger partial charge in [-0.3, -0.25) is 0 Å². The van der Waals surface area contributed by atoms with E-state index in [1.807, 2.05) is 0 Å². The molecule has 0 amide bonds. The Balaban J connectivity index is 1.63.